The van der Waals surface area contributed by atoms with E-state index in [0.717, 1.165) is 11.8 Å². The number of aryl methyl sites for hydroxylation is 1. The van der Waals surface area contributed by atoms with Gasteiger partial charge in [-0.25, -0.2) is 4.79 Å². The van der Waals surface area contributed by atoms with Crippen molar-refractivity contribution in [3.8, 4) is 0 Å². The van der Waals surface area contributed by atoms with Gasteiger partial charge in [-0.2, -0.15) is 0 Å². The fraction of sp³-hybridized carbons (Fsp3) is 0.150. The van der Waals surface area contributed by atoms with E-state index in [1.807, 2.05) is 36.4 Å². The van der Waals surface area contributed by atoms with Crippen LogP contribution in [0.25, 0.3) is 11.0 Å². The van der Waals surface area contributed by atoms with Crippen molar-refractivity contribution in [1.29, 1.82) is 0 Å². The summed E-state index contributed by atoms with van der Waals surface area (Å²) < 4.78 is 5.63. The highest BCUT2D eigenvalue weighted by Gasteiger charge is 2.13. The Balaban J connectivity index is 2.00. The zero-order valence-electron chi connectivity index (χ0n) is 14.5. The minimum atomic E-state index is -0.602. The van der Waals surface area contributed by atoms with Crippen LogP contribution in [0.2, 0.25) is 0 Å². The van der Waals surface area contributed by atoms with Crippen molar-refractivity contribution in [3.05, 3.63) is 71.3 Å². The van der Waals surface area contributed by atoms with Gasteiger partial charge in [0.1, 0.15) is 11.1 Å². The second kappa shape index (κ2) is 7.65. The molecule has 0 saturated carbocycles. The Kier molecular flexibility index (Phi) is 5.12. The molecule has 6 nitrogen and oxygen atoms in total. The van der Waals surface area contributed by atoms with E-state index in [1.165, 1.54) is 12.5 Å². The second-order valence-electron chi connectivity index (χ2n) is 5.68. The quantitative estimate of drug-likeness (QED) is 0.575. The summed E-state index contributed by atoms with van der Waals surface area (Å²) in [6.45, 7) is 3.28. The second-order valence-corrected chi connectivity index (χ2v) is 5.68. The van der Waals surface area contributed by atoms with Gasteiger partial charge in [0.25, 0.3) is 11.5 Å². The van der Waals surface area contributed by atoms with E-state index in [9.17, 15) is 9.59 Å². The molecule has 1 heterocycles. The van der Waals surface area contributed by atoms with E-state index in [-0.39, 0.29) is 11.1 Å². The molecule has 0 unspecified atom stereocenters. The number of benzene rings is 2. The van der Waals surface area contributed by atoms with E-state index < -0.39 is 11.9 Å². The summed E-state index contributed by atoms with van der Waals surface area (Å²) in [7, 11) is 0. The molecule has 26 heavy (non-hydrogen) atoms. The largest absolute Gasteiger partial charge is 0.435 e. The molecular weight excluding hydrogens is 332 g/mol. The molecule has 0 aliphatic carbocycles. The van der Waals surface area contributed by atoms with E-state index in [4.69, 9.17) is 4.42 Å². The van der Waals surface area contributed by atoms with Crippen LogP contribution in [0.15, 0.2) is 64.2 Å². The van der Waals surface area contributed by atoms with Gasteiger partial charge in [-0.1, -0.05) is 37.3 Å². The smallest absolute Gasteiger partial charge is 0.332 e. The number of nitrogens with zero attached hydrogens (tertiary/aromatic N) is 1. The number of anilines is 1. The van der Waals surface area contributed by atoms with Crippen LogP contribution >= 0.6 is 0 Å². The van der Waals surface area contributed by atoms with Gasteiger partial charge < -0.3 is 14.6 Å². The third-order valence-corrected chi connectivity index (χ3v) is 3.78. The van der Waals surface area contributed by atoms with Crippen molar-refractivity contribution in [2.24, 2.45) is 5.16 Å². The fourth-order valence-electron chi connectivity index (χ4n) is 2.43. The lowest BCUT2D eigenvalue weighted by Crippen LogP contribution is -2.22. The van der Waals surface area contributed by atoms with Gasteiger partial charge in [0, 0.05) is 18.0 Å². The molecule has 0 spiro atoms. The molecule has 1 aromatic heterocycles. The lowest BCUT2D eigenvalue weighted by Gasteiger charge is -2.07. The Morgan fingerprint density at radius 2 is 1.85 bits per heavy atom. The number of hydrogen-bond acceptors (Lipinski definition) is 5. The number of fused-ring (bicyclic) bond motifs is 1. The van der Waals surface area contributed by atoms with Gasteiger partial charge in [-0.3, -0.25) is 4.79 Å². The molecule has 3 aromatic rings. The van der Waals surface area contributed by atoms with Crippen LogP contribution in [-0.4, -0.2) is 11.9 Å². The van der Waals surface area contributed by atoms with Crippen molar-refractivity contribution in [1.82, 2.24) is 0 Å². The van der Waals surface area contributed by atoms with Crippen molar-refractivity contribution in [2.45, 2.75) is 20.3 Å². The molecule has 0 bridgehead atoms. The van der Waals surface area contributed by atoms with Crippen LogP contribution in [-0.2, 0) is 16.1 Å². The number of carbonyl (C=O) groups is 2. The molecule has 132 valence electrons. The molecule has 0 atom stereocenters. The molecule has 0 aliphatic rings. The van der Waals surface area contributed by atoms with Gasteiger partial charge in [0.2, 0.25) is 0 Å². The topological polar surface area (TPSA) is 80.9 Å². The van der Waals surface area contributed by atoms with Crippen molar-refractivity contribution in [2.75, 3.05) is 5.32 Å². The summed E-state index contributed by atoms with van der Waals surface area (Å²) in [5.41, 5.74) is 2.46. The summed E-state index contributed by atoms with van der Waals surface area (Å²) in [4.78, 5) is 28.4. The molecule has 1 N–H and O–H groups in total. The van der Waals surface area contributed by atoms with E-state index in [2.05, 4.69) is 22.2 Å². The van der Waals surface area contributed by atoms with Crippen LogP contribution in [0.3, 0.4) is 0 Å². The zero-order valence-corrected chi connectivity index (χ0v) is 14.5. The Morgan fingerprint density at radius 3 is 2.54 bits per heavy atom. The molecule has 1 amide bonds. The molecule has 0 radical (unpaired) electrons. The number of rotatable bonds is 4. The number of carbonyl (C=O) groups excluding carboxylic acids is 2. The lowest BCUT2D eigenvalue weighted by molar-refractivity contribution is -0.141. The molecule has 2 aromatic carbocycles. The zero-order chi connectivity index (χ0) is 18.5. The van der Waals surface area contributed by atoms with Crippen LogP contribution in [0.4, 0.5) is 5.69 Å². The predicted molar refractivity (Wildman–Crippen MR) is 97.3 cm³/mol. The SMILES string of the molecule is CCc1ccc(NC(=O)c2cc3ccccc3o/c2=N\OC(C)=O)cc1. The Hall–Kier alpha value is -3.41. The number of amides is 1. The first-order chi connectivity index (χ1) is 12.6. The molecule has 6 heteroatoms. The van der Waals surface area contributed by atoms with Gasteiger partial charge in [0.15, 0.2) is 0 Å². The summed E-state index contributed by atoms with van der Waals surface area (Å²) in [5.74, 6) is -1.01. The number of para-hydroxylation sites is 1. The van der Waals surface area contributed by atoms with Crippen LogP contribution in [0, 0.1) is 0 Å². The highest BCUT2D eigenvalue weighted by molar-refractivity contribution is 6.05. The fourth-order valence-corrected chi connectivity index (χ4v) is 2.43. The molecule has 0 saturated heterocycles. The summed E-state index contributed by atoms with van der Waals surface area (Å²) in [6, 6.07) is 16.4. The molecule has 3 rings (SSSR count). The van der Waals surface area contributed by atoms with Crippen LogP contribution in [0.5, 0.6) is 0 Å². The highest BCUT2D eigenvalue weighted by Crippen LogP contribution is 2.15. The Labute approximate surface area is 150 Å². The first-order valence-electron chi connectivity index (χ1n) is 8.21. The van der Waals surface area contributed by atoms with Gasteiger partial charge >= 0.3 is 5.97 Å². The van der Waals surface area contributed by atoms with E-state index in [0.29, 0.717) is 11.3 Å². The maximum absolute atomic E-state index is 12.7. The van der Waals surface area contributed by atoms with Gasteiger partial charge in [0.05, 0.1) is 0 Å². The lowest BCUT2D eigenvalue weighted by atomic mass is 10.1. The molecule has 0 aliphatic heterocycles. The van der Waals surface area contributed by atoms with Gasteiger partial charge in [-0.15, -0.1) is 0 Å². The molecule has 0 fully saturated rings. The van der Waals surface area contributed by atoms with Gasteiger partial charge in [-0.05, 0) is 41.4 Å². The molecular formula is C20H18N2O4. The average Bonchev–Trinajstić information content (AvgIpc) is 2.66. The van der Waals surface area contributed by atoms with Crippen molar-refractivity contribution < 1.29 is 18.8 Å². The van der Waals surface area contributed by atoms with Crippen LogP contribution < -0.4 is 10.9 Å². The summed E-state index contributed by atoms with van der Waals surface area (Å²) in [5, 5.41) is 7.21. The maximum Gasteiger partial charge on any atom is 0.332 e. The first-order valence-corrected chi connectivity index (χ1v) is 8.21. The number of hydrogen-bond donors (Lipinski definition) is 1. The summed E-state index contributed by atoms with van der Waals surface area (Å²) >= 11 is 0. The minimum absolute atomic E-state index is 0.0680. The minimum Gasteiger partial charge on any atom is -0.435 e. The number of nitrogens with one attached hydrogen (secondary N) is 1. The third-order valence-electron chi connectivity index (χ3n) is 3.78. The highest BCUT2D eigenvalue weighted by atomic mass is 16.7. The van der Waals surface area contributed by atoms with Crippen LogP contribution in [0.1, 0.15) is 29.8 Å². The first kappa shape index (κ1) is 17.4. The maximum atomic E-state index is 12.7. The summed E-state index contributed by atoms with van der Waals surface area (Å²) in [6.07, 6.45) is 0.920. The predicted octanol–water partition coefficient (Wildman–Crippen LogP) is 3.63. The van der Waals surface area contributed by atoms with E-state index >= 15 is 0 Å². The van der Waals surface area contributed by atoms with Crippen molar-refractivity contribution >= 4 is 28.5 Å². The average molecular weight is 350 g/mol. The van der Waals surface area contributed by atoms with Crippen molar-refractivity contribution in [3.63, 3.8) is 0 Å². The Bertz CT molecular complexity index is 1020. The third kappa shape index (κ3) is 3.97. The van der Waals surface area contributed by atoms with E-state index in [1.54, 1.807) is 18.2 Å². The monoisotopic (exact) mass is 350 g/mol. The standard InChI is InChI=1S/C20H18N2O4/c1-3-14-8-10-16(11-9-14)21-19(24)17-12-15-6-4-5-7-18(15)25-20(17)22-26-13(2)23/h4-12H,3H2,1-2H3,(H,21,24)/b22-20-. The Morgan fingerprint density at radius 1 is 1.12 bits per heavy atom. The normalized spacial score (nSPS) is 11.4.